The molecule has 3 aliphatic rings. The van der Waals surface area contributed by atoms with Crippen LogP contribution in [0.25, 0.3) is 0 Å². The van der Waals surface area contributed by atoms with Crippen LogP contribution < -0.4 is 5.32 Å². The number of hydrogen-bond acceptors (Lipinski definition) is 2. The Morgan fingerprint density at radius 1 is 1.20 bits per heavy atom. The monoisotopic (exact) mass is 208 g/mol. The average molecular weight is 208 g/mol. The van der Waals surface area contributed by atoms with Crippen LogP contribution in [0.4, 0.5) is 0 Å². The summed E-state index contributed by atoms with van der Waals surface area (Å²) in [6, 6.07) is 0.866. The normalized spacial score (nSPS) is 33.4. The molecule has 0 bridgehead atoms. The van der Waals surface area contributed by atoms with Gasteiger partial charge in [0.05, 0.1) is 0 Å². The Morgan fingerprint density at radius 3 is 2.60 bits per heavy atom. The molecule has 15 heavy (non-hydrogen) atoms. The second-order valence-corrected chi connectivity index (χ2v) is 5.85. The van der Waals surface area contributed by atoms with Gasteiger partial charge < -0.3 is 5.32 Å². The van der Waals surface area contributed by atoms with Gasteiger partial charge in [-0.05, 0) is 71.0 Å². The Labute approximate surface area is 93.4 Å². The van der Waals surface area contributed by atoms with E-state index >= 15 is 0 Å². The second kappa shape index (κ2) is 3.74. The van der Waals surface area contributed by atoms with Crippen LogP contribution in [-0.2, 0) is 0 Å². The van der Waals surface area contributed by atoms with Gasteiger partial charge in [-0.3, -0.25) is 4.90 Å². The Hall–Kier alpha value is -0.0800. The van der Waals surface area contributed by atoms with Crippen LogP contribution >= 0.6 is 0 Å². The lowest BCUT2D eigenvalue weighted by atomic mass is 9.84. The van der Waals surface area contributed by atoms with Gasteiger partial charge in [0.1, 0.15) is 0 Å². The molecule has 2 saturated heterocycles. The predicted molar refractivity (Wildman–Crippen MR) is 63.0 cm³/mol. The zero-order chi connectivity index (χ0) is 10.3. The highest BCUT2D eigenvalue weighted by Crippen LogP contribution is 2.44. The summed E-state index contributed by atoms with van der Waals surface area (Å²) in [4.78, 5) is 2.88. The van der Waals surface area contributed by atoms with E-state index < -0.39 is 0 Å². The van der Waals surface area contributed by atoms with Crippen molar-refractivity contribution < 1.29 is 0 Å². The SMILES string of the molecule is CC(C1CC1)N1CCCC12CCNCC2. The predicted octanol–water partition coefficient (Wildman–Crippen LogP) is 2.00. The number of nitrogens with one attached hydrogen (secondary N) is 1. The molecule has 0 radical (unpaired) electrons. The molecule has 1 N–H and O–H groups in total. The van der Waals surface area contributed by atoms with Crippen LogP contribution in [0, 0.1) is 5.92 Å². The summed E-state index contributed by atoms with van der Waals surface area (Å²) < 4.78 is 0. The molecule has 2 nitrogen and oxygen atoms in total. The highest BCUT2D eigenvalue weighted by atomic mass is 15.3. The van der Waals surface area contributed by atoms with Crippen molar-refractivity contribution in [2.24, 2.45) is 5.92 Å². The van der Waals surface area contributed by atoms with Crippen molar-refractivity contribution in [2.75, 3.05) is 19.6 Å². The van der Waals surface area contributed by atoms with E-state index in [0.29, 0.717) is 5.54 Å². The van der Waals surface area contributed by atoms with Gasteiger partial charge in [0, 0.05) is 11.6 Å². The van der Waals surface area contributed by atoms with Gasteiger partial charge in [0.25, 0.3) is 0 Å². The van der Waals surface area contributed by atoms with Gasteiger partial charge >= 0.3 is 0 Å². The molecule has 1 unspecified atom stereocenters. The van der Waals surface area contributed by atoms with Crippen molar-refractivity contribution in [3.05, 3.63) is 0 Å². The van der Waals surface area contributed by atoms with Crippen molar-refractivity contribution in [1.82, 2.24) is 10.2 Å². The van der Waals surface area contributed by atoms with Crippen LogP contribution in [0.15, 0.2) is 0 Å². The van der Waals surface area contributed by atoms with Crippen LogP contribution in [-0.4, -0.2) is 36.1 Å². The van der Waals surface area contributed by atoms with Crippen molar-refractivity contribution in [3.63, 3.8) is 0 Å². The number of rotatable bonds is 2. The Balaban J connectivity index is 1.74. The third-order valence-electron chi connectivity index (χ3n) is 4.98. The molecule has 1 saturated carbocycles. The quantitative estimate of drug-likeness (QED) is 0.747. The van der Waals surface area contributed by atoms with Gasteiger partial charge in [-0.25, -0.2) is 0 Å². The van der Waals surface area contributed by atoms with Gasteiger partial charge in [0.15, 0.2) is 0 Å². The van der Waals surface area contributed by atoms with E-state index in [-0.39, 0.29) is 0 Å². The zero-order valence-electron chi connectivity index (χ0n) is 9.97. The highest BCUT2D eigenvalue weighted by Gasteiger charge is 2.46. The Bertz CT molecular complexity index is 229. The Kier molecular flexibility index (Phi) is 2.52. The summed E-state index contributed by atoms with van der Waals surface area (Å²) in [6.07, 6.45) is 8.68. The lowest BCUT2D eigenvalue weighted by Crippen LogP contribution is -2.54. The molecule has 1 aliphatic carbocycles. The molecular weight excluding hydrogens is 184 g/mol. The van der Waals surface area contributed by atoms with Gasteiger partial charge in [0.2, 0.25) is 0 Å². The maximum atomic E-state index is 3.51. The summed E-state index contributed by atoms with van der Waals surface area (Å²) >= 11 is 0. The van der Waals surface area contributed by atoms with E-state index in [4.69, 9.17) is 0 Å². The first-order valence-electron chi connectivity index (χ1n) is 6.79. The minimum atomic E-state index is 0.604. The third-order valence-corrected chi connectivity index (χ3v) is 4.98. The fraction of sp³-hybridized carbons (Fsp3) is 1.00. The topological polar surface area (TPSA) is 15.3 Å². The van der Waals surface area contributed by atoms with E-state index in [0.717, 1.165) is 12.0 Å². The number of likely N-dealkylation sites (tertiary alicyclic amines) is 1. The number of nitrogens with zero attached hydrogens (tertiary/aromatic N) is 1. The van der Waals surface area contributed by atoms with Crippen molar-refractivity contribution >= 4 is 0 Å². The van der Waals surface area contributed by atoms with Crippen LogP contribution in [0.3, 0.4) is 0 Å². The number of piperidine rings is 1. The molecular formula is C13H24N2. The van der Waals surface area contributed by atoms with Crippen LogP contribution in [0.5, 0.6) is 0 Å². The number of hydrogen-bond donors (Lipinski definition) is 1. The molecule has 2 heterocycles. The maximum Gasteiger partial charge on any atom is 0.0237 e. The second-order valence-electron chi connectivity index (χ2n) is 5.85. The molecule has 3 fully saturated rings. The summed E-state index contributed by atoms with van der Waals surface area (Å²) in [7, 11) is 0. The van der Waals surface area contributed by atoms with Crippen molar-refractivity contribution in [1.29, 1.82) is 0 Å². The summed E-state index contributed by atoms with van der Waals surface area (Å²) in [5, 5.41) is 3.51. The fourth-order valence-corrected chi connectivity index (χ4v) is 3.86. The maximum absolute atomic E-state index is 3.51. The summed E-state index contributed by atoms with van der Waals surface area (Å²) in [5.41, 5.74) is 0.604. The summed E-state index contributed by atoms with van der Waals surface area (Å²) in [5.74, 6) is 1.04. The van der Waals surface area contributed by atoms with Crippen LogP contribution in [0.1, 0.15) is 45.4 Å². The molecule has 86 valence electrons. The zero-order valence-corrected chi connectivity index (χ0v) is 9.97. The van der Waals surface area contributed by atoms with Crippen molar-refractivity contribution in [3.8, 4) is 0 Å². The van der Waals surface area contributed by atoms with Crippen LogP contribution in [0.2, 0.25) is 0 Å². The molecule has 0 aromatic carbocycles. The molecule has 0 amide bonds. The van der Waals surface area contributed by atoms with E-state index in [1.807, 2.05) is 0 Å². The smallest absolute Gasteiger partial charge is 0.0237 e. The first-order chi connectivity index (χ1) is 7.32. The minimum Gasteiger partial charge on any atom is -0.317 e. The molecule has 0 aromatic rings. The molecule has 1 spiro atoms. The van der Waals surface area contributed by atoms with E-state index in [2.05, 4.69) is 17.1 Å². The molecule has 0 aromatic heterocycles. The minimum absolute atomic E-state index is 0.604. The van der Waals surface area contributed by atoms with E-state index in [1.165, 1.54) is 58.2 Å². The van der Waals surface area contributed by atoms with E-state index in [1.54, 1.807) is 0 Å². The lowest BCUT2D eigenvalue weighted by molar-refractivity contribution is 0.0553. The van der Waals surface area contributed by atoms with E-state index in [9.17, 15) is 0 Å². The fourth-order valence-electron chi connectivity index (χ4n) is 3.86. The molecule has 3 rings (SSSR count). The standard InChI is InChI=1S/C13H24N2/c1-11(12-3-4-12)15-10-2-5-13(15)6-8-14-9-7-13/h11-12,14H,2-10H2,1H3. The summed E-state index contributed by atoms with van der Waals surface area (Å²) in [6.45, 7) is 6.34. The highest BCUT2D eigenvalue weighted by molar-refractivity contribution is 5.02. The van der Waals surface area contributed by atoms with Crippen molar-refractivity contribution in [2.45, 2.75) is 57.0 Å². The third kappa shape index (κ3) is 1.72. The average Bonchev–Trinajstić information content (AvgIpc) is 3.03. The van der Waals surface area contributed by atoms with Gasteiger partial charge in [-0.2, -0.15) is 0 Å². The van der Waals surface area contributed by atoms with Gasteiger partial charge in [-0.1, -0.05) is 0 Å². The Morgan fingerprint density at radius 2 is 1.93 bits per heavy atom. The molecule has 2 heteroatoms. The first-order valence-corrected chi connectivity index (χ1v) is 6.79. The largest absolute Gasteiger partial charge is 0.317 e. The first kappa shape index (κ1) is 10.1. The lowest BCUT2D eigenvalue weighted by Gasteiger charge is -2.45. The molecule has 2 aliphatic heterocycles. The van der Waals surface area contributed by atoms with Gasteiger partial charge in [-0.15, -0.1) is 0 Å². The molecule has 1 atom stereocenters.